The Labute approximate surface area is 167 Å². The first kappa shape index (κ1) is 18.7. The molecule has 1 amide bonds. The Morgan fingerprint density at radius 3 is 2.64 bits per heavy atom. The first-order valence-electron chi connectivity index (χ1n) is 9.09. The number of rotatable bonds is 5. The summed E-state index contributed by atoms with van der Waals surface area (Å²) in [6.45, 7) is 1.35. The van der Waals surface area contributed by atoms with Crippen molar-refractivity contribution in [1.82, 2.24) is 14.8 Å². The van der Waals surface area contributed by atoms with E-state index in [-0.39, 0.29) is 17.1 Å². The zero-order chi connectivity index (χ0) is 19.8. The van der Waals surface area contributed by atoms with Gasteiger partial charge in [-0.05, 0) is 63.0 Å². The first-order valence-corrected chi connectivity index (χ1v) is 9.47. The summed E-state index contributed by atoms with van der Waals surface area (Å²) in [5.41, 5.74) is 1.35. The molecule has 0 unspecified atom stereocenters. The van der Waals surface area contributed by atoms with Crippen molar-refractivity contribution >= 4 is 28.5 Å². The number of nitrogens with zero attached hydrogens (tertiary/aromatic N) is 3. The van der Waals surface area contributed by atoms with Gasteiger partial charge in [0.2, 0.25) is 5.76 Å². The summed E-state index contributed by atoms with van der Waals surface area (Å²) in [6.07, 6.45) is 4.11. The van der Waals surface area contributed by atoms with Crippen LogP contribution in [-0.4, -0.2) is 47.9 Å². The van der Waals surface area contributed by atoms with E-state index in [1.807, 2.05) is 26.2 Å². The average molecular weight is 398 g/mol. The molecule has 0 aliphatic carbocycles. The van der Waals surface area contributed by atoms with Crippen LogP contribution in [0.2, 0.25) is 5.02 Å². The second-order valence-electron chi connectivity index (χ2n) is 7.15. The Kier molecular flexibility index (Phi) is 4.91. The van der Waals surface area contributed by atoms with Gasteiger partial charge in [-0.1, -0.05) is 11.6 Å². The predicted molar refractivity (Wildman–Crippen MR) is 108 cm³/mol. The number of carbonyl (C=O) groups is 1. The molecule has 0 radical (unpaired) electrons. The van der Waals surface area contributed by atoms with E-state index in [0.29, 0.717) is 28.1 Å². The maximum atomic E-state index is 13.3. The highest BCUT2D eigenvalue weighted by Crippen LogP contribution is 2.38. The fourth-order valence-electron chi connectivity index (χ4n) is 3.67. The van der Waals surface area contributed by atoms with Crippen molar-refractivity contribution in [3.8, 4) is 0 Å². The molecular formula is C21H20ClN3O3. The van der Waals surface area contributed by atoms with Gasteiger partial charge in [-0.15, -0.1) is 0 Å². The average Bonchev–Trinajstić information content (AvgIpc) is 2.95. The largest absolute Gasteiger partial charge is 0.450 e. The Hall–Kier alpha value is -2.70. The SMILES string of the molecule is CN(C)CCCN1C(=O)c2oc3ccc(Cl)cc3c(=O)c2[C@@H]1c1ccncc1. The van der Waals surface area contributed by atoms with Gasteiger partial charge in [0.1, 0.15) is 5.58 Å². The van der Waals surface area contributed by atoms with Gasteiger partial charge in [-0.2, -0.15) is 0 Å². The van der Waals surface area contributed by atoms with Crippen LogP contribution in [0.15, 0.2) is 51.9 Å². The quantitative estimate of drug-likeness (QED) is 0.660. The van der Waals surface area contributed by atoms with Crippen LogP contribution in [0.1, 0.15) is 34.1 Å². The molecule has 28 heavy (non-hydrogen) atoms. The van der Waals surface area contributed by atoms with Crippen LogP contribution >= 0.6 is 11.6 Å². The number of amides is 1. The zero-order valence-corrected chi connectivity index (χ0v) is 16.4. The van der Waals surface area contributed by atoms with E-state index in [9.17, 15) is 9.59 Å². The first-order chi connectivity index (χ1) is 13.5. The van der Waals surface area contributed by atoms with Crippen LogP contribution in [0.5, 0.6) is 0 Å². The fourth-order valence-corrected chi connectivity index (χ4v) is 3.84. The number of benzene rings is 1. The third-order valence-electron chi connectivity index (χ3n) is 4.95. The normalized spacial score (nSPS) is 16.2. The summed E-state index contributed by atoms with van der Waals surface area (Å²) in [7, 11) is 3.98. The summed E-state index contributed by atoms with van der Waals surface area (Å²) in [4.78, 5) is 34.3. The van der Waals surface area contributed by atoms with Crippen molar-refractivity contribution in [3.63, 3.8) is 0 Å². The smallest absolute Gasteiger partial charge is 0.290 e. The molecule has 0 saturated carbocycles. The van der Waals surface area contributed by atoms with Gasteiger partial charge in [0.25, 0.3) is 5.91 Å². The topological polar surface area (TPSA) is 66.7 Å². The van der Waals surface area contributed by atoms with Crippen molar-refractivity contribution in [2.24, 2.45) is 0 Å². The van der Waals surface area contributed by atoms with Crippen molar-refractivity contribution in [3.05, 3.63) is 74.9 Å². The lowest BCUT2D eigenvalue weighted by Crippen LogP contribution is -2.32. The minimum Gasteiger partial charge on any atom is -0.450 e. The van der Waals surface area contributed by atoms with Crippen molar-refractivity contribution < 1.29 is 9.21 Å². The number of pyridine rings is 1. The molecule has 0 saturated heterocycles. The van der Waals surface area contributed by atoms with Crippen LogP contribution in [0.25, 0.3) is 11.0 Å². The van der Waals surface area contributed by atoms with Crippen LogP contribution in [0.4, 0.5) is 0 Å². The highest BCUT2D eigenvalue weighted by molar-refractivity contribution is 6.31. The molecule has 0 bridgehead atoms. The molecule has 1 aromatic carbocycles. The molecule has 0 spiro atoms. The summed E-state index contributed by atoms with van der Waals surface area (Å²) in [5, 5.41) is 0.834. The highest BCUT2D eigenvalue weighted by Gasteiger charge is 2.42. The number of fused-ring (bicyclic) bond motifs is 2. The summed E-state index contributed by atoms with van der Waals surface area (Å²) < 4.78 is 5.89. The second-order valence-corrected chi connectivity index (χ2v) is 7.59. The van der Waals surface area contributed by atoms with Gasteiger partial charge in [-0.3, -0.25) is 14.6 Å². The standard InChI is InChI=1S/C21H20ClN3O3/c1-24(2)10-3-11-25-18(13-6-8-23-9-7-13)17-19(26)15-12-14(22)4-5-16(15)28-20(17)21(25)27/h4-9,12,18H,3,10-11H2,1-2H3/t18-/m0/s1. The third kappa shape index (κ3) is 3.19. The number of aromatic nitrogens is 1. The Bertz CT molecular complexity index is 1100. The molecule has 0 N–H and O–H groups in total. The molecule has 3 aromatic rings. The predicted octanol–water partition coefficient (Wildman–Crippen LogP) is 3.34. The van der Waals surface area contributed by atoms with E-state index in [2.05, 4.69) is 9.88 Å². The van der Waals surface area contributed by atoms with Gasteiger partial charge in [-0.25, -0.2) is 0 Å². The number of hydrogen-bond acceptors (Lipinski definition) is 5. The van der Waals surface area contributed by atoms with Gasteiger partial charge >= 0.3 is 0 Å². The van der Waals surface area contributed by atoms with Gasteiger partial charge in [0, 0.05) is 24.0 Å². The second kappa shape index (κ2) is 7.37. The molecule has 4 rings (SSSR count). The van der Waals surface area contributed by atoms with Gasteiger partial charge < -0.3 is 14.2 Å². The van der Waals surface area contributed by atoms with Crippen LogP contribution in [0.3, 0.4) is 0 Å². The molecule has 1 aliphatic heterocycles. The monoisotopic (exact) mass is 397 g/mol. The molecule has 2 aromatic heterocycles. The minimum absolute atomic E-state index is 0.117. The molecule has 1 atom stereocenters. The number of halogens is 1. The summed E-state index contributed by atoms with van der Waals surface area (Å²) in [6, 6.07) is 8.02. The highest BCUT2D eigenvalue weighted by atomic mass is 35.5. The van der Waals surface area contributed by atoms with Gasteiger partial charge in [0.05, 0.1) is 17.0 Å². The van der Waals surface area contributed by atoms with Crippen molar-refractivity contribution in [2.75, 3.05) is 27.2 Å². The minimum atomic E-state index is -0.493. The Balaban J connectivity index is 1.88. The maximum absolute atomic E-state index is 13.3. The summed E-state index contributed by atoms with van der Waals surface area (Å²) >= 11 is 6.08. The fraction of sp³-hybridized carbons (Fsp3) is 0.286. The molecule has 3 heterocycles. The van der Waals surface area contributed by atoms with Crippen LogP contribution < -0.4 is 5.43 Å². The lowest BCUT2D eigenvalue weighted by atomic mass is 9.99. The van der Waals surface area contributed by atoms with Gasteiger partial charge in [0.15, 0.2) is 5.43 Å². The van der Waals surface area contributed by atoms with E-state index in [4.69, 9.17) is 16.0 Å². The molecule has 6 nitrogen and oxygen atoms in total. The van der Waals surface area contributed by atoms with Crippen LogP contribution in [-0.2, 0) is 0 Å². The van der Waals surface area contributed by atoms with E-state index < -0.39 is 6.04 Å². The molecular weight excluding hydrogens is 378 g/mol. The van der Waals surface area contributed by atoms with E-state index in [1.165, 1.54) is 0 Å². The molecule has 1 aliphatic rings. The van der Waals surface area contributed by atoms with E-state index in [1.54, 1.807) is 35.5 Å². The molecule has 7 heteroatoms. The summed E-state index contributed by atoms with van der Waals surface area (Å²) in [5.74, 6) is -0.143. The Morgan fingerprint density at radius 1 is 1.18 bits per heavy atom. The lowest BCUT2D eigenvalue weighted by Gasteiger charge is -2.25. The van der Waals surface area contributed by atoms with E-state index in [0.717, 1.165) is 18.5 Å². The Morgan fingerprint density at radius 2 is 1.93 bits per heavy atom. The molecule has 144 valence electrons. The zero-order valence-electron chi connectivity index (χ0n) is 15.7. The molecule has 0 fully saturated rings. The number of hydrogen-bond donors (Lipinski definition) is 0. The van der Waals surface area contributed by atoms with Crippen LogP contribution in [0, 0.1) is 0 Å². The maximum Gasteiger partial charge on any atom is 0.290 e. The lowest BCUT2D eigenvalue weighted by molar-refractivity contribution is 0.0722. The van der Waals surface area contributed by atoms with Crippen molar-refractivity contribution in [2.45, 2.75) is 12.5 Å². The van der Waals surface area contributed by atoms with E-state index >= 15 is 0 Å². The van der Waals surface area contributed by atoms with Crippen molar-refractivity contribution in [1.29, 1.82) is 0 Å². The third-order valence-corrected chi connectivity index (χ3v) is 5.19. The number of carbonyl (C=O) groups excluding carboxylic acids is 1.